The Bertz CT molecular complexity index is 430. The second-order valence-corrected chi connectivity index (χ2v) is 5.51. The van der Waals surface area contributed by atoms with Gasteiger partial charge in [-0.25, -0.2) is 4.79 Å². The first-order chi connectivity index (χ1) is 9.22. The first-order valence-electron chi connectivity index (χ1n) is 6.74. The molecular weight excluding hydrogens is 306 g/mol. The highest BCUT2D eigenvalue weighted by Crippen LogP contribution is 2.26. The van der Waals surface area contributed by atoms with Crippen LogP contribution >= 0.6 is 15.9 Å². The fourth-order valence-corrected chi connectivity index (χ4v) is 2.74. The van der Waals surface area contributed by atoms with Crippen molar-refractivity contribution in [1.82, 2.24) is 10.2 Å². The molecule has 1 N–H and O–H groups in total. The molecule has 1 saturated heterocycles. The van der Waals surface area contributed by atoms with E-state index in [1.54, 1.807) is 0 Å². The van der Waals surface area contributed by atoms with Crippen LogP contribution in [0.1, 0.15) is 13.3 Å². The van der Waals surface area contributed by atoms with E-state index < -0.39 is 0 Å². The van der Waals surface area contributed by atoms with Crippen molar-refractivity contribution in [2.75, 3.05) is 37.6 Å². The Hall–Kier alpha value is -1.23. The van der Waals surface area contributed by atoms with E-state index in [1.165, 1.54) is 5.69 Å². The monoisotopic (exact) mass is 325 g/mol. The average Bonchev–Trinajstić information content (AvgIpc) is 2.45. The van der Waals surface area contributed by atoms with Gasteiger partial charge in [0, 0.05) is 37.2 Å². The smallest absolute Gasteiger partial charge is 0.317 e. The third-order valence-corrected chi connectivity index (χ3v) is 3.96. The number of amides is 2. The van der Waals surface area contributed by atoms with E-state index in [0.717, 1.165) is 43.6 Å². The van der Waals surface area contributed by atoms with Crippen LogP contribution in [0.25, 0.3) is 0 Å². The predicted octanol–water partition coefficient (Wildman–Crippen LogP) is 2.69. The highest BCUT2D eigenvalue weighted by molar-refractivity contribution is 9.10. The topological polar surface area (TPSA) is 35.6 Å². The SMILES string of the molecule is CCCNC(=O)N1CCN(c2ccccc2Br)CC1. The van der Waals surface area contributed by atoms with Gasteiger partial charge in [-0.3, -0.25) is 0 Å². The summed E-state index contributed by atoms with van der Waals surface area (Å²) >= 11 is 3.58. The summed E-state index contributed by atoms with van der Waals surface area (Å²) in [6.45, 7) is 6.12. The van der Waals surface area contributed by atoms with Gasteiger partial charge in [-0.05, 0) is 34.5 Å². The minimum Gasteiger partial charge on any atom is -0.367 e. The number of para-hydroxylation sites is 1. The third kappa shape index (κ3) is 3.62. The van der Waals surface area contributed by atoms with Crippen LogP contribution in [0, 0.1) is 0 Å². The predicted molar refractivity (Wildman–Crippen MR) is 81.6 cm³/mol. The number of hydrogen-bond acceptors (Lipinski definition) is 2. The number of carbonyl (C=O) groups is 1. The van der Waals surface area contributed by atoms with Gasteiger partial charge in [0.1, 0.15) is 0 Å². The molecule has 0 radical (unpaired) electrons. The van der Waals surface area contributed by atoms with Crippen molar-refractivity contribution in [1.29, 1.82) is 0 Å². The number of benzene rings is 1. The molecule has 0 spiro atoms. The van der Waals surface area contributed by atoms with Crippen molar-refractivity contribution in [2.24, 2.45) is 0 Å². The Kier molecular flexibility index (Phi) is 5.07. The number of carbonyl (C=O) groups excluding carboxylic acids is 1. The highest BCUT2D eigenvalue weighted by atomic mass is 79.9. The molecule has 1 aromatic rings. The second kappa shape index (κ2) is 6.80. The van der Waals surface area contributed by atoms with Crippen LogP contribution in [0.15, 0.2) is 28.7 Å². The maximum atomic E-state index is 11.9. The fraction of sp³-hybridized carbons (Fsp3) is 0.500. The normalized spacial score (nSPS) is 15.5. The molecule has 2 rings (SSSR count). The van der Waals surface area contributed by atoms with Gasteiger partial charge in [0.2, 0.25) is 0 Å². The Balaban J connectivity index is 1.89. The average molecular weight is 326 g/mol. The van der Waals surface area contributed by atoms with Crippen molar-refractivity contribution < 1.29 is 4.79 Å². The molecular formula is C14H20BrN3O. The van der Waals surface area contributed by atoms with E-state index in [9.17, 15) is 4.79 Å². The summed E-state index contributed by atoms with van der Waals surface area (Å²) in [6, 6.07) is 8.28. The van der Waals surface area contributed by atoms with Crippen molar-refractivity contribution >= 4 is 27.6 Å². The molecule has 1 aliphatic rings. The van der Waals surface area contributed by atoms with Crippen LogP contribution in [-0.2, 0) is 0 Å². The lowest BCUT2D eigenvalue weighted by atomic mass is 10.2. The molecule has 1 aliphatic heterocycles. The van der Waals surface area contributed by atoms with Gasteiger partial charge >= 0.3 is 6.03 Å². The van der Waals surface area contributed by atoms with Crippen LogP contribution in [-0.4, -0.2) is 43.7 Å². The van der Waals surface area contributed by atoms with E-state index in [-0.39, 0.29) is 6.03 Å². The fourth-order valence-electron chi connectivity index (χ4n) is 2.20. The molecule has 0 bridgehead atoms. The lowest BCUT2D eigenvalue weighted by Crippen LogP contribution is -2.52. The number of piperazine rings is 1. The molecule has 104 valence electrons. The van der Waals surface area contributed by atoms with E-state index >= 15 is 0 Å². The first kappa shape index (κ1) is 14.2. The number of halogens is 1. The van der Waals surface area contributed by atoms with Crippen LogP contribution in [0.4, 0.5) is 10.5 Å². The van der Waals surface area contributed by atoms with Crippen molar-refractivity contribution in [3.05, 3.63) is 28.7 Å². The number of urea groups is 1. The summed E-state index contributed by atoms with van der Waals surface area (Å²) < 4.78 is 1.11. The third-order valence-electron chi connectivity index (χ3n) is 3.29. The molecule has 0 atom stereocenters. The standard InChI is InChI=1S/C14H20BrN3O/c1-2-7-16-14(19)18-10-8-17(9-11-18)13-6-4-3-5-12(13)15/h3-6H,2,7-11H2,1H3,(H,16,19). The molecule has 5 heteroatoms. The molecule has 1 aromatic carbocycles. The summed E-state index contributed by atoms with van der Waals surface area (Å²) in [5.74, 6) is 0. The first-order valence-corrected chi connectivity index (χ1v) is 7.54. The van der Waals surface area contributed by atoms with Crippen LogP contribution in [0.2, 0.25) is 0 Å². The second-order valence-electron chi connectivity index (χ2n) is 4.66. The van der Waals surface area contributed by atoms with Gasteiger partial charge in [-0.2, -0.15) is 0 Å². The number of anilines is 1. The molecule has 19 heavy (non-hydrogen) atoms. The highest BCUT2D eigenvalue weighted by Gasteiger charge is 2.21. The Morgan fingerprint density at radius 3 is 2.58 bits per heavy atom. The van der Waals surface area contributed by atoms with Crippen LogP contribution in [0.5, 0.6) is 0 Å². The number of rotatable bonds is 3. The minimum atomic E-state index is 0.0635. The van der Waals surface area contributed by atoms with Crippen LogP contribution in [0.3, 0.4) is 0 Å². The largest absolute Gasteiger partial charge is 0.367 e. The molecule has 4 nitrogen and oxygen atoms in total. The number of hydrogen-bond donors (Lipinski definition) is 1. The maximum absolute atomic E-state index is 11.9. The van der Waals surface area contributed by atoms with E-state index in [0.29, 0.717) is 0 Å². The van der Waals surface area contributed by atoms with E-state index in [2.05, 4.69) is 45.2 Å². The zero-order chi connectivity index (χ0) is 13.7. The van der Waals surface area contributed by atoms with Gasteiger partial charge in [-0.15, -0.1) is 0 Å². The Morgan fingerprint density at radius 2 is 1.95 bits per heavy atom. The summed E-state index contributed by atoms with van der Waals surface area (Å²) in [4.78, 5) is 16.1. The minimum absolute atomic E-state index is 0.0635. The number of nitrogens with zero attached hydrogens (tertiary/aromatic N) is 2. The van der Waals surface area contributed by atoms with Crippen molar-refractivity contribution in [3.63, 3.8) is 0 Å². The zero-order valence-corrected chi connectivity index (χ0v) is 12.8. The van der Waals surface area contributed by atoms with Gasteiger partial charge in [0.15, 0.2) is 0 Å². The van der Waals surface area contributed by atoms with Crippen molar-refractivity contribution in [2.45, 2.75) is 13.3 Å². The quantitative estimate of drug-likeness (QED) is 0.927. The summed E-state index contributed by atoms with van der Waals surface area (Å²) in [6.07, 6.45) is 0.975. The molecule has 0 saturated carbocycles. The lowest BCUT2D eigenvalue weighted by Gasteiger charge is -2.36. The van der Waals surface area contributed by atoms with E-state index in [1.807, 2.05) is 17.0 Å². The maximum Gasteiger partial charge on any atom is 0.317 e. The van der Waals surface area contributed by atoms with Gasteiger partial charge in [0.25, 0.3) is 0 Å². The Labute approximate surface area is 122 Å². The van der Waals surface area contributed by atoms with Gasteiger partial charge in [-0.1, -0.05) is 19.1 Å². The Morgan fingerprint density at radius 1 is 1.26 bits per heavy atom. The molecule has 1 heterocycles. The van der Waals surface area contributed by atoms with Gasteiger partial charge < -0.3 is 15.1 Å². The zero-order valence-electron chi connectivity index (χ0n) is 11.2. The van der Waals surface area contributed by atoms with Crippen LogP contribution < -0.4 is 10.2 Å². The molecule has 0 unspecified atom stereocenters. The molecule has 1 fully saturated rings. The molecule has 2 amide bonds. The number of nitrogens with one attached hydrogen (secondary N) is 1. The summed E-state index contributed by atoms with van der Waals surface area (Å²) in [7, 11) is 0. The summed E-state index contributed by atoms with van der Waals surface area (Å²) in [5, 5.41) is 2.93. The van der Waals surface area contributed by atoms with Crippen molar-refractivity contribution in [3.8, 4) is 0 Å². The van der Waals surface area contributed by atoms with E-state index in [4.69, 9.17) is 0 Å². The summed E-state index contributed by atoms with van der Waals surface area (Å²) in [5.41, 5.74) is 1.20. The lowest BCUT2D eigenvalue weighted by molar-refractivity contribution is 0.194. The molecule has 0 aliphatic carbocycles. The molecule has 0 aromatic heterocycles. The van der Waals surface area contributed by atoms with Gasteiger partial charge in [0.05, 0.1) is 5.69 Å².